The molecular formula is C30H38N2O5S. The molecule has 3 N–H and O–H groups in total. The van der Waals surface area contributed by atoms with Crippen molar-refractivity contribution in [3.63, 3.8) is 0 Å². The zero-order valence-corrected chi connectivity index (χ0v) is 24.5. The minimum Gasteiger partial charge on any atom is -0.467 e. The fraction of sp³-hybridized carbons (Fsp3) is 0.367. The standard InChI is InChI=1S/C30H38N2O5S/c1-17-14-15-21(16-18(17)2)24-19(3)25(22-12-10-11-13-23(22)31)26(20(4)27(24)32-38(9,34)35)28(29(33)36-8)37-30(5,6)7/h10-16,28,32H,31H2,1-9H3. The molecule has 7 nitrogen and oxygen atoms in total. The van der Waals surface area contributed by atoms with Gasteiger partial charge in [0, 0.05) is 22.4 Å². The van der Waals surface area contributed by atoms with Gasteiger partial charge in [-0.3, -0.25) is 4.72 Å². The van der Waals surface area contributed by atoms with E-state index >= 15 is 0 Å². The molecule has 0 saturated heterocycles. The number of para-hydroxylation sites is 1. The number of methoxy groups -OCH3 is 1. The van der Waals surface area contributed by atoms with E-state index in [1.807, 2.05) is 77.9 Å². The van der Waals surface area contributed by atoms with Gasteiger partial charge in [-0.05, 0) is 87.9 Å². The van der Waals surface area contributed by atoms with Crippen LogP contribution in [0.25, 0.3) is 22.3 Å². The smallest absolute Gasteiger partial charge is 0.339 e. The highest BCUT2D eigenvalue weighted by molar-refractivity contribution is 7.92. The maximum absolute atomic E-state index is 13.2. The molecule has 1 atom stereocenters. The summed E-state index contributed by atoms with van der Waals surface area (Å²) in [5.74, 6) is -0.595. The molecule has 1 unspecified atom stereocenters. The van der Waals surface area contributed by atoms with Gasteiger partial charge in [0.15, 0.2) is 6.10 Å². The van der Waals surface area contributed by atoms with Crippen LogP contribution in [0.5, 0.6) is 0 Å². The quantitative estimate of drug-likeness (QED) is 0.272. The van der Waals surface area contributed by atoms with E-state index in [2.05, 4.69) is 4.72 Å². The molecule has 204 valence electrons. The van der Waals surface area contributed by atoms with Gasteiger partial charge in [0.05, 0.1) is 24.7 Å². The van der Waals surface area contributed by atoms with E-state index in [0.717, 1.165) is 28.5 Å². The Bertz CT molecular complexity index is 1490. The molecule has 38 heavy (non-hydrogen) atoms. The number of esters is 1. The van der Waals surface area contributed by atoms with Crippen molar-refractivity contribution in [2.75, 3.05) is 23.8 Å². The Morgan fingerprint density at radius 1 is 0.947 bits per heavy atom. The number of ether oxygens (including phenoxy) is 2. The Balaban J connectivity index is 2.61. The fourth-order valence-corrected chi connectivity index (χ4v) is 5.31. The van der Waals surface area contributed by atoms with Crippen LogP contribution in [-0.4, -0.2) is 33.4 Å². The Kier molecular flexibility index (Phi) is 8.29. The summed E-state index contributed by atoms with van der Waals surface area (Å²) in [5.41, 5.74) is 13.6. The van der Waals surface area contributed by atoms with Crippen LogP contribution < -0.4 is 10.5 Å². The van der Waals surface area contributed by atoms with Gasteiger partial charge in [-0.1, -0.05) is 36.4 Å². The second-order valence-electron chi connectivity index (χ2n) is 10.7. The van der Waals surface area contributed by atoms with Crippen LogP contribution >= 0.6 is 0 Å². The number of aryl methyl sites for hydroxylation is 2. The van der Waals surface area contributed by atoms with E-state index in [9.17, 15) is 13.2 Å². The second-order valence-corrected chi connectivity index (χ2v) is 12.4. The molecule has 3 aromatic carbocycles. The Hall–Kier alpha value is -3.36. The molecule has 0 aliphatic rings. The molecule has 0 aromatic heterocycles. The molecule has 0 amide bonds. The third-order valence-corrected chi connectivity index (χ3v) is 7.09. The van der Waals surface area contributed by atoms with Crippen LogP contribution in [0.15, 0.2) is 42.5 Å². The number of sulfonamides is 1. The van der Waals surface area contributed by atoms with Crippen molar-refractivity contribution in [3.05, 3.63) is 70.3 Å². The van der Waals surface area contributed by atoms with Crippen molar-refractivity contribution in [2.45, 2.75) is 60.2 Å². The Morgan fingerprint density at radius 3 is 2.11 bits per heavy atom. The van der Waals surface area contributed by atoms with Gasteiger partial charge in [0.2, 0.25) is 10.0 Å². The average molecular weight is 539 g/mol. The van der Waals surface area contributed by atoms with Crippen LogP contribution in [0.4, 0.5) is 11.4 Å². The van der Waals surface area contributed by atoms with Gasteiger partial charge in [0.25, 0.3) is 0 Å². The van der Waals surface area contributed by atoms with Gasteiger partial charge in [-0.2, -0.15) is 0 Å². The predicted octanol–water partition coefficient (Wildman–Crippen LogP) is 6.24. The lowest BCUT2D eigenvalue weighted by atomic mass is 9.81. The number of hydrogen-bond donors (Lipinski definition) is 2. The number of anilines is 2. The summed E-state index contributed by atoms with van der Waals surface area (Å²) >= 11 is 0. The third kappa shape index (κ3) is 6.19. The van der Waals surface area contributed by atoms with E-state index in [4.69, 9.17) is 15.2 Å². The van der Waals surface area contributed by atoms with Crippen molar-refractivity contribution >= 4 is 27.4 Å². The first-order chi connectivity index (χ1) is 17.6. The van der Waals surface area contributed by atoms with E-state index < -0.39 is 27.7 Å². The molecule has 0 bridgehead atoms. The Labute approximate surface area is 226 Å². The van der Waals surface area contributed by atoms with E-state index in [1.54, 1.807) is 13.0 Å². The topological polar surface area (TPSA) is 108 Å². The predicted molar refractivity (Wildman–Crippen MR) is 155 cm³/mol. The molecule has 0 radical (unpaired) electrons. The minimum atomic E-state index is -3.69. The molecule has 3 rings (SSSR count). The summed E-state index contributed by atoms with van der Waals surface area (Å²) in [5, 5.41) is 0. The van der Waals surface area contributed by atoms with Gasteiger partial charge in [0.1, 0.15) is 0 Å². The summed E-state index contributed by atoms with van der Waals surface area (Å²) in [7, 11) is -2.38. The lowest BCUT2D eigenvalue weighted by Gasteiger charge is -2.32. The SMILES string of the molecule is COC(=O)C(OC(C)(C)C)c1c(C)c(NS(C)(=O)=O)c(-c2ccc(C)c(C)c2)c(C)c1-c1ccccc1N. The number of rotatable bonds is 7. The summed E-state index contributed by atoms with van der Waals surface area (Å²) < 4.78 is 39.4. The molecule has 8 heteroatoms. The number of carbonyl (C=O) groups excluding carboxylic acids is 1. The highest BCUT2D eigenvalue weighted by Crippen LogP contribution is 2.48. The van der Waals surface area contributed by atoms with Crippen LogP contribution in [0.3, 0.4) is 0 Å². The molecule has 0 aliphatic heterocycles. The van der Waals surface area contributed by atoms with Crippen LogP contribution in [0, 0.1) is 27.7 Å². The molecule has 0 heterocycles. The lowest BCUT2D eigenvalue weighted by Crippen LogP contribution is -2.29. The zero-order valence-electron chi connectivity index (χ0n) is 23.6. The molecule has 0 fully saturated rings. The third-order valence-electron chi connectivity index (χ3n) is 6.51. The van der Waals surface area contributed by atoms with Crippen molar-refractivity contribution in [1.29, 1.82) is 0 Å². The monoisotopic (exact) mass is 538 g/mol. The zero-order chi connectivity index (χ0) is 28.6. The molecule has 0 spiro atoms. The molecule has 3 aromatic rings. The van der Waals surface area contributed by atoms with Crippen LogP contribution in [0.1, 0.15) is 54.7 Å². The summed E-state index contributed by atoms with van der Waals surface area (Å²) in [6.45, 7) is 13.3. The van der Waals surface area contributed by atoms with E-state index in [1.165, 1.54) is 7.11 Å². The molecular weight excluding hydrogens is 500 g/mol. The van der Waals surface area contributed by atoms with E-state index in [0.29, 0.717) is 39.2 Å². The highest BCUT2D eigenvalue weighted by Gasteiger charge is 2.35. The Morgan fingerprint density at radius 2 is 1.58 bits per heavy atom. The fourth-order valence-electron chi connectivity index (χ4n) is 4.68. The van der Waals surface area contributed by atoms with Crippen molar-refractivity contribution in [1.82, 2.24) is 0 Å². The number of carbonyl (C=O) groups is 1. The largest absolute Gasteiger partial charge is 0.467 e. The average Bonchev–Trinajstić information content (AvgIpc) is 2.80. The summed E-state index contributed by atoms with van der Waals surface area (Å²) in [6.07, 6.45) is -0.0276. The first-order valence-electron chi connectivity index (χ1n) is 12.4. The summed E-state index contributed by atoms with van der Waals surface area (Å²) in [6, 6.07) is 13.4. The lowest BCUT2D eigenvalue weighted by molar-refractivity contribution is -0.164. The second kappa shape index (κ2) is 10.8. The maximum Gasteiger partial charge on any atom is 0.339 e. The first-order valence-corrected chi connectivity index (χ1v) is 14.3. The number of nitrogens with two attached hydrogens (primary N) is 1. The minimum absolute atomic E-state index is 0.382. The number of nitrogen functional groups attached to an aromatic ring is 1. The van der Waals surface area contributed by atoms with Crippen LogP contribution in [0.2, 0.25) is 0 Å². The normalized spacial score (nSPS) is 12.8. The van der Waals surface area contributed by atoms with Crippen molar-refractivity contribution in [3.8, 4) is 22.3 Å². The van der Waals surface area contributed by atoms with Gasteiger partial charge in [-0.15, -0.1) is 0 Å². The van der Waals surface area contributed by atoms with Gasteiger partial charge >= 0.3 is 5.97 Å². The molecule has 0 aliphatic carbocycles. The number of nitrogens with one attached hydrogen (secondary N) is 1. The molecule has 0 saturated carbocycles. The van der Waals surface area contributed by atoms with Gasteiger partial charge in [-0.25, -0.2) is 13.2 Å². The maximum atomic E-state index is 13.2. The number of hydrogen-bond acceptors (Lipinski definition) is 6. The van der Waals surface area contributed by atoms with Gasteiger partial charge < -0.3 is 15.2 Å². The summed E-state index contributed by atoms with van der Waals surface area (Å²) in [4.78, 5) is 13.2. The van der Waals surface area contributed by atoms with Crippen molar-refractivity contribution < 1.29 is 22.7 Å². The van der Waals surface area contributed by atoms with E-state index in [-0.39, 0.29) is 0 Å². The first kappa shape index (κ1) is 29.2. The number of benzene rings is 3. The van der Waals surface area contributed by atoms with Crippen molar-refractivity contribution in [2.24, 2.45) is 0 Å². The highest BCUT2D eigenvalue weighted by atomic mass is 32.2. The van der Waals surface area contributed by atoms with Crippen LogP contribution in [-0.2, 0) is 24.3 Å².